The molecule has 1 fully saturated rings. The summed E-state index contributed by atoms with van der Waals surface area (Å²) in [6.07, 6.45) is 0.141. The molecule has 21 heavy (non-hydrogen) atoms. The van der Waals surface area contributed by atoms with E-state index in [0.29, 0.717) is 18.6 Å². The van der Waals surface area contributed by atoms with Crippen molar-refractivity contribution in [1.29, 1.82) is 0 Å². The van der Waals surface area contributed by atoms with Crippen LogP contribution in [0.1, 0.15) is 19.8 Å². The highest BCUT2D eigenvalue weighted by molar-refractivity contribution is 7.91. The van der Waals surface area contributed by atoms with Crippen molar-refractivity contribution in [2.75, 3.05) is 11.5 Å². The average Bonchev–Trinajstić information content (AvgIpc) is 2.77. The van der Waals surface area contributed by atoms with Crippen LogP contribution < -0.4 is 10.1 Å². The molecule has 1 aromatic rings. The minimum atomic E-state index is -3.03. The van der Waals surface area contributed by atoms with Gasteiger partial charge in [-0.2, -0.15) is 0 Å². The molecular formula is C14H18FNO4S. The molecular weight excluding hydrogens is 297 g/mol. The number of hydrogen-bond acceptors (Lipinski definition) is 4. The second kappa shape index (κ2) is 6.43. The minimum absolute atomic E-state index is 0.0221. The SMILES string of the molecule is CC[C@@H](Oc1ccc(F)cc1)C(=O)N[C@@H]1CCS(=O)(=O)C1. The summed E-state index contributed by atoms with van der Waals surface area (Å²) in [5, 5.41) is 2.70. The van der Waals surface area contributed by atoms with Gasteiger partial charge in [0.2, 0.25) is 0 Å². The summed E-state index contributed by atoms with van der Waals surface area (Å²) in [6, 6.07) is 5.05. The van der Waals surface area contributed by atoms with Crippen molar-refractivity contribution < 1.29 is 22.3 Å². The number of benzene rings is 1. The zero-order chi connectivity index (χ0) is 15.5. The Labute approximate surface area is 123 Å². The third kappa shape index (κ3) is 4.42. The first-order chi connectivity index (χ1) is 9.89. The van der Waals surface area contributed by atoms with Crippen LogP contribution in [0.15, 0.2) is 24.3 Å². The van der Waals surface area contributed by atoms with Crippen molar-refractivity contribution in [1.82, 2.24) is 5.32 Å². The lowest BCUT2D eigenvalue weighted by atomic mass is 10.2. The van der Waals surface area contributed by atoms with E-state index in [0.717, 1.165) is 0 Å². The van der Waals surface area contributed by atoms with Gasteiger partial charge in [-0.15, -0.1) is 0 Å². The first-order valence-electron chi connectivity index (χ1n) is 6.82. The summed E-state index contributed by atoms with van der Waals surface area (Å²) in [4.78, 5) is 12.1. The maximum Gasteiger partial charge on any atom is 0.261 e. The zero-order valence-electron chi connectivity index (χ0n) is 11.7. The fourth-order valence-electron chi connectivity index (χ4n) is 2.20. The van der Waals surface area contributed by atoms with E-state index in [1.807, 2.05) is 0 Å². The molecule has 7 heteroatoms. The van der Waals surface area contributed by atoms with Crippen LogP contribution in [0.25, 0.3) is 0 Å². The van der Waals surface area contributed by atoms with Crippen LogP contribution in [0.2, 0.25) is 0 Å². The van der Waals surface area contributed by atoms with Crippen molar-refractivity contribution >= 4 is 15.7 Å². The van der Waals surface area contributed by atoms with E-state index in [-0.39, 0.29) is 29.3 Å². The molecule has 1 aliphatic heterocycles. The number of amides is 1. The van der Waals surface area contributed by atoms with E-state index in [2.05, 4.69) is 5.32 Å². The lowest BCUT2D eigenvalue weighted by molar-refractivity contribution is -0.128. The van der Waals surface area contributed by atoms with Gasteiger partial charge < -0.3 is 10.1 Å². The van der Waals surface area contributed by atoms with Crippen LogP contribution in [0.5, 0.6) is 5.75 Å². The van der Waals surface area contributed by atoms with Crippen molar-refractivity contribution in [3.05, 3.63) is 30.1 Å². The number of halogens is 1. The highest BCUT2D eigenvalue weighted by atomic mass is 32.2. The molecule has 2 atom stereocenters. The second-order valence-electron chi connectivity index (χ2n) is 5.08. The molecule has 0 spiro atoms. The topological polar surface area (TPSA) is 72.5 Å². The molecule has 1 saturated heterocycles. The normalized spacial score (nSPS) is 21.7. The minimum Gasteiger partial charge on any atom is -0.481 e. The van der Waals surface area contributed by atoms with Gasteiger partial charge in [0, 0.05) is 6.04 Å². The molecule has 0 bridgehead atoms. The summed E-state index contributed by atoms with van der Waals surface area (Å²) < 4.78 is 41.1. The Balaban J connectivity index is 1.94. The third-order valence-electron chi connectivity index (χ3n) is 3.33. The van der Waals surface area contributed by atoms with Gasteiger partial charge in [0.05, 0.1) is 11.5 Å². The van der Waals surface area contributed by atoms with E-state index < -0.39 is 15.9 Å². The Bertz CT molecular complexity index is 600. The predicted octanol–water partition coefficient (Wildman–Crippen LogP) is 1.29. The molecule has 116 valence electrons. The van der Waals surface area contributed by atoms with Crippen molar-refractivity contribution in [2.45, 2.75) is 31.9 Å². The van der Waals surface area contributed by atoms with Crippen molar-refractivity contribution in [3.63, 3.8) is 0 Å². The maximum atomic E-state index is 12.8. The average molecular weight is 315 g/mol. The van der Waals surface area contributed by atoms with Crippen LogP contribution in [0.3, 0.4) is 0 Å². The Hall–Kier alpha value is -1.63. The largest absolute Gasteiger partial charge is 0.481 e. The van der Waals surface area contributed by atoms with Crippen LogP contribution in [-0.4, -0.2) is 38.0 Å². The van der Waals surface area contributed by atoms with Gasteiger partial charge in [-0.05, 0) is 37.1 Å². The summed E-state index contributed by atoms with van der Waals surface area (Å²) in [7, 11) is -3.03. The first-order valence-corrected chi connectivity index (χ1v) is 8.65. The van der Waals surface area contributed by atoms with E-state index in [4.69, 9.17) is 4.74 Å². The maximum absolute atomic E-state index is 12.8. The number of hydrogen-bond donors (Lipinski definition) is 1. The van der Waals surface area contributed by atoms with Crippen LogP contribution in [0.4, 0.5) is 4.39 Å². The van der Waals surface area contributed by atoms with Gasteiger partial charge in [0.1, 0.15) is 11.6 Å². The monoisotopic (exact) mass is 315 g/mol. The molecule has 0 saturated carbocycles. The summed E-state index contributed by atoms with van der Waals surface area (Å²) in [5.41, 5.74) is 0. The Kier molecular flexibility index (Phi) is 4.82. The van der Waals surface area contributed by atoms with Gasteiger partial charge in [-0.25, -0.2) is 12.8 Å². The highest BCUT2D eigenvalue weighted by Crippen LogP contribution is 2.16. The first kappa shape index (κ1) is 15.8. The van der Waals surface area contributed by atoms with Crippen molar-refractivity contribution in [3.8, 4) is 5.75 Å². The number of carbonyl (C=O) groups is 1. The van der Waals surface area contributed by atoms with Gasteiger partial charge in [0.25, 0.3) is 5.91 Å². The molecule has 1 N–H and O–H groups in total. The number of sulfone groups is 1. The quantitative estimate of drug-likeness (QED) is 0.888. The molecule has 5 nitrogen and oxygen atoms in total. The molecule has 1 aliphatic rings. The predicted molar refractivity (Wildman–Crippen MR) is 76.3 cm³/mol. The van der Waals surface area contributed by atoms with E-state index in [9.17, 15) is 17.6 Å². The molecule has 1 heterocycles. The van der Waals surface area contributed by atoms with Gasteiger partial charge >= 0.3 is 0 Å². The Morgan fingerprint density at radius 3 is 2.62 bits per heavy atom. The lowest BCUT2D eigenvalue weighted by Gasteiger charge is -2.19. The number of carbonyl (C=O) groups excluding carboxylic acids is 1. The zero-order valence-corrected chi connectivity index (χ0v) is 12.5. The second-order valence-corrected chi connectivity index (χ2v) is 7.31. The molecule has 0 aromatic heterocycles. The standard InChI is InChI=1S/C14H18FNO4S/c1-2-13(20-12-5-3-10(15)4-6-12)14(17)16-11-7-8-21(18,19)9-11/h3-6,11,13H,2,7-9H2,1H3,(H,16,17)/t11-,13-/m1/s1. The fraction of sp³-hybridized carbons (Fsp3) is 0.500. The van der Waals surface area contributed by atoms with E-state index in [1.54, 1.807) is 6.92 Å². The smallest absolute Gasteiger partial charge is 0.261 e. The summed E-state index contributed by atoms with van der Waals surface area (Å²) >= 11 is 0. The molecule has 0 unspecified atom stereocenters. The van der Waals surface area contributed by atoms with Gasteiger partial charge in [-0.1, -0.05) is 6.92 Å². The van der Waals surface area contributed by atoms with E-state index >= 15 is 0 Å². The third-order valence-corrected chi connectivity index (χ3v) is 5.10. The van der Waals surface area contributed by atoms with E-state index in [1.165, 1.54) is 24.3 Å². The number of ether oxygens (including phenoxy) is 1. The highest BCUT2D eigenvalue weighted by Gasteiger charge is 2.31. The Morgan fingerprint density at radius 1 is 1.43 bits per heavy atom. The number of rotatable bonds is 5. The number of nitrogens with one attached hydrogen (secondary N) is 1. The summed E-state index contributed by atoms with van der Waals surface area (Å²) in [6.45, 7) is 1.79. The lowest BCUT2D eigenvalue weighted by Crippen LogP contribution is -2.44. The van der Waals surface area contributed by atoms with Crippen molar-refractivity contribution in [2.24, 2.45) is 0 Å². The molecule has 1 aromatic carbocycles. The van der Waals surface area contributed by atoms with Gasteiger partial charge in [-0.3, -0.25) is 4.79 Å². The molecule has 2 rings (SSSR count). The van der Waals surface area contributed by atoms with Crippen LogP contribution in [0, 0.1) is 5.82 Å². The Morgan fingerprint density at radius 2 is 2.10 bits per heavy atom. The van der Waals surface area contributed by atoms with Crippen LogP contribution in [-0.2, 0) is 14.6 Å². The van der Waals surface area contributed by atoms with Crippen LogP contribution >= 0.6 is 0 Å². The van der Waals surface area contributed by atoms with Gasteiger partial charge in [0.15, 0.2) is 15.9 Å². The molecule has 0 aliphatic carbocycles. The molecule has 1 amide bonds. The fourth-order valence-corrected chi connectivity index (χ4v) is 3.88. The summed E-state index contributed by atoms with van der Waals surface area (Å²) in [5.74, 6) is -0.239. The molecule has 0 radical (unpaired) electrons.